The zero-order valence-electron chi connectivity index (χ0n) is 11.1. The number of carbonyl (C=O) groups excluding carboxylic acids is 1. The van der Waals surface area contributed by atoms with Crippen molar-refractivity contribution in [3.05, 3.63) is 31.8 Å². The van der Waals surface area contributed by atoms with Gasteiger partial charge in [0.05, 0.1) is 11.7 Å². The molecule has 0 heterocycles. The first-order valence-corrected chi connectivity index (χ1v) is 8.28. The third-order valence-electron chi connectivity index (χ3n) is 3.24. The minimum atomic E-state index is -0.483. The molecule has 0 radical (unpaired) electrons. The Balaban J connectivity index is 2.63. The molecule has 19 heavy (non-hydrogen) atoms. The van der Waals surface area contributed by atoms with Crippen LogP contribution < -0.4 is 5.32 Å². The highest BCUT2D eigenvalue weighted by molar-refractivity contribution is 14.1. The number of hydrogen-bond acceptors (Lipinski definition) is 2. The monoisotopic (exact) mass is 439 g/mol. The number of carbonyl (C=O) groups is 1. The van der Waals surface area contributed by atoms with E-state index >= 15 is 0 Å². The maximum atomic E-state index is 12.1. The quantitative estimate of drug-likeness (QED) is 0.665. The highest BCUT2D eigenvalue weighted by Crippen LogP contribution is 2.18. The number of nitrogens with one attached hydrogen (secondary N) is 1. The Morgan fingerprint density at radius 3 is 2.63 bits per heavy atom. The second kappa shape index (κ2) is 8.21. The lowest BCUT2D eigenvalue weighted by Gasteiger charge is -2.20. The van der Waals surface area contributed by atoms with Crippen LogP contribution in [0.3, 0.4) is 0 Å². The molecule has 0 aliphatic heterocycles. The molecule has 1 atom stereocenters. The number of rotatable bonds is 6. The number of halogens is 2. The Hall–Kier alpha value is -0.140. The van der Waals surface area contributed by atoms with Crippen LogP contribution in [-0.2, 0) is 0 Å². The molecule has 1 aromatic carbocycles. The predicted octanol–water partition coefficient (Wildman–Crippen LogP) is 3.58. The third-order valence-corrected chi connectivity index (χ3v) is 4.67. The zero-order chi connectivity index (χ0) is 14.4. The Bertz CT molecular complexity index is 435. The van der Waals surface area contributed by atoms with E-state index in [1.165, 1.54) is 0 Å². The van der Waals surface area contributed by atoms with Gasteiger partial charge >= 0.3 is 0 Å². The van der Waals surface area contributed by atoms with Crippen LogP contribution in [0.4, 0.5) is 0 Å². The van der Waals surface area contributed by atoms with Crippen LogP contribution >= 0.6 is 38.5 Å². The van der Waals surface area contributed by atoms with Gasteiger partial charge in [-0.3, -0.25) is 4.79 Å². The van der Waals surface area contributed by atoms with E-state index in [4.69, 9.17) is 0 Å². The molecule has 0 saturated heterocycles. The number of benzene rings is 1. The molecule has 5 heteroatoms. The lowest BCUT2D eigenvalue weighted by Crippen LogP contribution is -2.36. The molecule has 0 fully saturated rings. The molecule has 0 aliphatic rings. The fourth-order valence-electron chi connectivity index (χ4n) is 1.96. The van der Waals surface area contributed by atoms with Crippen molar-refractivity contribution in [2.45, 2.75) is 32.8 Å². The first-order chi connectivity index (χ1) is 8.99. The van der Waals surface area contributed by atoms with Crippen molar-refractivity contribution in [2.75, 3.05) is 6.54 Å². The summed E-state index contributed by atoms with van der Waals surface area (Å²) in [7, 11) is 0. The standard InChI is InChI=1S/C14H19BrINO2/c1-3-9(4-2)13(18)8-17-14(19)11-7-10(15)5-6-12(11)16/h5-7,9,13,18H,3-4,8H2,1-2H3,(H,17,19). The molecule has 1 amide bonds. The molecule has 1 rings (SSSR count). The van der Waals surface area contributed by atoms with Gasteiger partial charge in [-0.15, -0.1) is 0 Å². The summed E-state index contributed by atoms with van der Waals surface area (Å²) in [5.74, 6) is 0.0950. The maximum absolute atomic E-state index is 12.1. The highest BCUT2D eigenvalue weighted by Gasteiger charge is 2.17. The maximum Gasteiger partial charge on any atom is 0.252 e. The van der Waals surface area contributed by atoms with Crippen LogP contribution in [0.25, 0.3) is 0 Å². The van der Waals surface area contributed by atoms with Gasteiger partial charge in [0.2, 0.25) is 0 Å². The first kappa shape index (κ1) is 16.9. The summed E-state index contributed by atoms with van der Waals surface area (Å²) in [6, 6.07) is 5.58. The van der Waals surface area contributed by atoms with E-state index in [9.17, 15) is 9.90 Å². The predicted molar refractivity (Wildman–Crippen MR) is 89.3 cm³/mol. The SMILES string of the molecule is CCC(CC)C(O)CNC(=O)c1cc(Br)ccc1I. The molecule has 3 nitrogen and oxygen atoms in total. The van der Waals surface area contributed by atoms with Crippen LogP contribution in [-0.4, -0.2) is 23.7 Å². The normalized spacial score (nSPS) is 12.5. The fourth-order valence-corrected chi connectivity index (χ4v) is 2.91. The molecule has 0 bridgehead atoms. The summed E-state index contributed by atoms with van der Waals surface area (Å²) in [5, 5.41) is 12.8. The fraction of sp³-hybridized carbons (Fsp3) is 0.500. The largest absolute Gasteiger partial charge is 0.391 e. The van der Waals surface area contributed by atoms with E-state index in [1.807, 2.05) is 12.1 Å². The summed E-state index contributed by atoms with van der Waals surface area (Å²) in [4.78, 5) is 12.1. The van der Waals surface area contributed by atoms with Crippen molar-refractivity contribution in [3.8, 4) is 0 Å². The van der Waals surface area contributed by atoms with E-state index in [0.29, 0.717) is 12.1 Å². The van der Waals surface area contributed by atoms with Gasteiger partial charge < -0.3 is 10.4 Å². The molecular formula is C14H19BrINO2. The van der Waals surface area contributed by atoms with Gasteiger partial charge in [0, 0.05) is 14.6 Å². The van der Waals surface area contributed by atoms with E-state index in [1.54, 1.807) is 6.07 Å². The number of aliphatic hydroxyl groups excluding tert-OH is 1. The van der Waals surface area contributed by atoms with Gasteiger partial charge in [0.25, 0.3) is 5.91 Å². The summed E-state index contributed by atoms with van der Waals surface area (Å²) in [6.45, 7) is 4.40. The molecule has 1 unspecified atom stereocenters. The number of aliphatic hydroxyl groups is 1. The van der Waals surface area contributed by atoms with Gasteiger partial charge in [-0.1, -0.05) is 42.6 Å². The topological polar surface area (TPSA) is 49.3 Å². The van der Waals surface area contributed by atoms with Crippen molar-refractivity contribution in [3.63, 3.8) is 0 Å². The van der Waals surface area contributed by atoms with Gasteiger partial charge in [-0.05, 0) is 46.7 Å². The zero-order valence-corrected chi connectivity index (χ0v) is 14.9. The third kappa shape index (κ3) is 5.04. The second-order valence-electron chi connectivity index (χ2n) is 4.48. The molecule has 0 spiro atoms. The lowest BCUT2D eigenvalue weighted by atomic mass is 9.96. The molecular weight excluding hydrogens is 421 g/mol. The minimum absolute atomic E-state index is 0.143. The van der Waals surface area contributed by atoms with Gasteiger partial charge in [-0.25, -0.2) is 0 Å². The van der Waals surface area contributed by atoms with Gasteiger partial charge in [0.15, 0.2) is 0 Å². The van der Waals surface area contributed by atoms with Crippen molar-refractivity contribution in [2.24, 2.45) is 5.92 Å². The minimum Gasteiger partial charge on any atom is -0.391 e. The summed E-state index contributed by atoms with van der Waals surface area (Å²) in [6.07, 6.45) is 1.35. The van der Waals surface area contributed by atoms with Crippen molar-refractivity contribution < 1.29 is 9.90 Å². The van der Waals surface area contributed by atoms with Crippen molar-refractivity contribution >= 4 is 44.4 Å². The Labute approximate surface area is 136 Å². The summed E-state index contributed by atoms with van der Waals surface area (Å²) < 4.78 is 1.77. The Kier molecular flexibility index (Phi) is 7.31. The first-order valence-electron chi connectivity index (χ1n) is 6.40. The molecule has 2 N–H and O–H groups in total. The van der Waals surface area contributed by atoms with Crippen LogP contribution in [0.5, 0.6) is 0 Å². The van der Waals surface area contributed by atoms with Gasteiger partial charge in [-0.2, -0.15) is 0 Å². The molecule has 0 aromatic heterocycles. The van der Waals surface area contributed by atoms with Gasteiger partial charge in [0.1, 0.15) is 0 Å². The Morgan fingerprint density at radius 2 is 2.05 bits per heavy atom. The molecule has 0 aliphatic carbocycles. The average Bonchev–Trinajstić information content (AvgIpc) is 2.40. The highest BCUT2D eigenvalue weighted by atomic mass is 127. The van der Waals surface area contributed by atoms with Crippen LogP contribution in [0.15, 0.2) is 22.7 Å². The van der Waals surface area contributed by atoms with E-state index in [0.717, 1.165) is 20.9 Å². The number of hydrogen-bond donors (Lipinski definition) is 2. The van der Waals surface area contributed by atoms with Crippen LogP contribution in [0.1, 0.15) is 37.0 Å². The Morgan fingerprint density at radius 1 is 1.42 bits per heavy atom. The second-order valence-corrected chi connectivity index (χ2v) is 6.56. The van der Waals surface area contributed by atoms with Crippen molar-refractivity contribution in [1.82, 2.24) is 5.32 Å². The van der Waals surface area contributed by atoms with E-state index < -0.39 is 6.10 Å². The molecule has 106 valence electrons. The number of amides is 1. The van der Waals surface area contributed by atoms with Crippen LogP contribution in [0, 0.1) is 9.49 Å². The average molecular weight is 440 g/mol. The van der Waals surface area contributed by atoms with E-state index in [-0.39, 0.29) is 11.8 Å². The van der Waals surface area contributed by atoms with E-state index in [2.05, 4.69) is 57.7 Å². The molecule has 1 aromatic rings. The summed E-state index contributed by atoms with van der Waals surface area (Å²) >= 11 is 5.49. The van der Waals surface area contributed by atoms with Crippen molar-refractivity contribution in [1.29, 1.82) is 0 Å². The van der Waals surface area contributed by atoms with Crippen LogP contribution in [0.2, 0.25) is 0 Å². The smallest absolute Gasteiger partial charge is 0.252 e. The lowest BCUT2D eigenvalue weighted by molar-refractivity contribution is 0.0816. The molecule has 0 saturated carbocycles. The summed E-state index contributed by atoms with van der Waals surface area (Å²) in [5.41, 5.74) is 0.631.